The van der Waals surface area contributed by atoms with E-state index in [9.17, 15) is 18.4 Å². The molecule has 0 aromatic heterocycles. The van der Waals surface area contributed by atoms with Gasteiger partial charge in [-0.2, -0.15) is 4.31 Å². The second kappa shape index (κ2) is 6.51. The molecule has 0 spiro atoms. The molecule has 0 radical (unpaired) electrons. The van der Waals surface area contributed by atoms with Crippen LogP contribution < -0.4 is 10.2 Å². The summed E-state index contributed by atoms with van der Waals surface area (Å²) in [5, 5.41) is 9.20. The first-order valence-corrected chi connectivity index (χ1v) is 10.2. The topological polar surface area (TPSA) is 95.9 Å². The summed E-state index contributed by atoms with van der Waals surface area (Å²) in [7, 11) is -2.35. The summed E-state index contributed by atoms with van der Waals surface area (Å²) in [4.78, 5) is 12.5. The lowest BCUT2D eigenvalue weighted by Crippen LogP contribution is -2.55. The number of rotatable bonds is 4. The first kappa shape index (κ1) is 19.1. The van der Waals surface area contributed by atoms with Crippen LogP contribution in [-0.2, 0) is 14.8 Å². The Kier molecular flexibility index (Phi) is 4.79. The lowest BCUT2D eigenvalue weighted by molar-refractivity contribution is -0.135. The van der Waals surface area contributed by atoms with Crippen LogP contribution in [0, 0.1) is 17.3 Å². The van der Waals surface area contributed by atoms with Crippen LogP contribution in [0.1, 0.15) is 33.6 Å². The average Bonchev–Trinajstić information content (AvgIpc) is 3.19. The van der Waals surface area contributed by atoms with Crippen molar-refractivity contribution in [1.29, 1.82) is 0 Å². The van der Waals surface area contributed by atoms with Gasteiger partial charge in [0.15, 0.2) is 0 Å². The van der Waals surface area contributed by atoms with E-state index < -0.39 is 22.0 Å². The van der Waals surface area contributed by atoms with Crippen LogP contribution in [0.2, 0.25) is 0 Å². The quantitative estimate of drug-likeness (QED) is 0.613. The van der Waals surface area contributed by atoms with Crippen molar-refractivity contribution in [2.45, 2.75) is 50.6 Å². The number of fused-ring (bicyclic) bond motifs is 2. The van der Waals surface area contributed by atoms with Gasteiger partial charge in [-0.15, -0.1) is 0 Å². The number of amides is 1. The van der Waals surface area contributed by atoms with Gasteiger partial charge in [0, 0.05) is 6.04 Å². The molecule has 8 heteroatoms. The zero-order valence-corrected chi connectivity index (χ0v) is 16.3. The number of methoxy groups -OCH3 is 1. The first-order valence-electron chi connectivity index (χ1n) is 8.72. The number of hydrogen-bond donors (Lipinski definition) is 2. The highest BCUT2D eigenvalue weighted by atomic mass is 32.2. The summed E-state index contributed by atoms with van der Waals surface area (Å²) in [5.74, 6) is 0.00479. The van der Waals surface area contributed by atoms with Gasteiger partial charge in [-0.25, -0.2) is 13.9 Å². The number of hydrogen-bond acceptors (Lipinski definition) is 5. The third kappa shape index (κ3) is 3.00. The molecule has 1 aromatic carbocycles. The Labute approximate surface area is 154 Å². The molecule has 1 saturated heterocycles. The Morgan fingerprint density at radius 2 is 1.85 bits per heavy atom. The van der Waals surface area contributed by atoms with E-state index in [0.29, 0.717) is 12.2 Å². The SMILES string of the molecule is COc1ccc(S(=O)(=O)N2[C@@H]3CC(C(C)(C)C)[C@H](C3)[C@@H]2C(=O)NO)cc1. The highest BCUT2D eigenvalue weighted by molar-refractivity contribution is 7.89. The van der Waals surface area contributed by atoms with E-state index in [4.69, 9.17) is 4.74 Å². The normalized spacial score (nSPS) is 29.0. The van der Waals surface area contributed by atoms with Gasteiger partial charge in [0.05, 0.1) is 12.0 Å². The van der Waals surface area contributed by atoms with E-state index in [1.807, 2.05) is 0 Å². The van der Waals surface area contributed by atoms with Crippen molar-refractivity contribution in [1.82, 2.24) is 9.79 Å². The molecule has 1 aliphatic carbocycles. The van der Waals surface area contributed by atoms with Crippen molar-refractivity contribution < 1.29 is 23.2 Å². The minimum atomic E-state index is -3.86. The van der Waals surface area contributed by atoms with E-state index in [2.05, 4.69) is 20.8 Å². The number of carbonyl (C=O) groups excluding carboxylic acids is 1. The maximum atomic E-state index is 13.2. The Morgan fingerprint density at radius 1 is 1.23 bits per heavy atom. The largest absolute Gasteiger partial charge is 0.497 e. The number of benzene rings is 1. The van der Waals surface area contributed by atoms with Crippen molar-refractivity contribution in [2.75, 3.05) is 7.11 Å². The van der Waals surface area contributed by atoms with E-state index in [-0.39, 0.29) is 28.2 Å². The fourth-order valence-electron chi connectivity index (χ4n) is 4.60. The Hall–Kier alpha value is -1.64. The molecule has 2 fully saturated rings. The lowest BCUT2D eigenvalue weighted by Gasteiger charge is -2.41. The highest BCUT2D eigenvalue weighted by Crippen LogP contribution is 2.54. The van der Waals surface area contributed by atoms with E-state index in [1.165, 1.54) is 23.5 Å². The predicted octanol–water partition coefficient (Wildman–Crippen LogP) is 2.01. The monoisotopic (exact) mass is 382 g/mol. The second-order valence-corrected chi connectivity index (χ2v) is 10.0. The molecule has 1 amide bonds. The van der Waals surface area contributed by atoms with Crippen LogP contribution in [0.5, 0.6) is 5.75 Å². The minimum absolute atomic E-state index is 0.0383. The van der Waals surface area contributed by atoms with Crippen molar-refractivity contribution in [3.63, 3.8) is 0 Å². The highest BCUT2D eigenvalue weighted by Gasteiger charge is 2.60. The molecular weight excluding hydrogens is 356 g/mol. The molecule has 1 saturated carbocycles. The smallest absolute Gasteiger partial charge is 0.262 e. The van der Waals surface area contributed by atoms with Gasteiger partial charge in [-0.05, 0) is 54.4 Å². The molecule has 2 N–H and O–H groups in total. The van der Waals surface area contributed by atoms with Crippen LogP contribution in [-0.4, -0.2) is 43.0 Å². The van der Waals surface area contributed by atoms with Crippen molar-refractivity contribution >= 4 is 15.9 Å². The van der Waals surface area contributed by atoms with E-state index in [1.54, 1.807) is 17.6 Å². The number of sulfonamides is 1. The minimum Gasteiger partial charge on any atom is -0.497 e. The molecule has 2 aliphatic rings. The number of hydroxylamine groups is 1. The molecule has 1 aliphatic heterocycles. The zero-order chi connectivity index (χ0) is 19.3. The van der Waals surface area contributed by atoms with Crippen molar-refractivity contribution in [3.8, 4) is 5.75 Å². The summed E-state index contributed by atoms with van der Waals surface area (Å²) in [6.45, 7) is 6.32. The van der Waals surface area contributed by atoms with Crippen LogP contribution in [0.4, 0.5) is 0 Å². The van der Waals surface area contributed by atoms with Crippen molar-refractivity contribution in [3.05, 3.63) is 24.3 Å². The summed E-state index contributed by atoms with van der Waals surface area (Å²) in [6.07, 6.45) is 1.36. The maximum absolute atomic E-state index is 13.2. The Morgan fingerprint density at radius 3 is 2.35 bits per heavy atom. The molecule has 2 bridgehead atoms. The van der Waals surface area contributed by atoms with Crippen molar-refractivity contribution in [2.24, 2.45) is 17.3 Å². The van der Waals surface area contributed by atoms with Gasteiger partial charge in [0.25, 0.3) is 5.91 Å². The van der Waals surface area contributed by atoms with Gasteiger partial charge in [-0.3, -0.25) is 10.0 Å². The maximum Gasteiger partial charge on any atom is 0.262 e. The Balaban J connectivity index is 1.99. The molecule has 1 heterocycles. The first-order chi connectivity index (χ1) is 12.1. The van der Waals surface area contributed by atoms with Gasteiger partial charge in [0.2, 0.25) is 10.0 Å². The number of nitrogens with one attached hydrogen (secondary N) is 1. The van der Waals surface area contributed by atoms with Gasteiger partial charge < -0.3 is 4.74 Å². The number of piperidine rings is 1. The molecule has 1 unspecified atom stereocenters. The third-order valence-electron chi connectivity index (χ3n) is 5.75. The summed E-state index contributed by atoms with van der Waals surface area (Å²) in [5.41, 5.74) is 1.63. The molecule has 3 rings (SSSR count). The fourth-order valence-corrected chi connectivity index (χ4v) is 6.44. The van der Waals surface area contributed by atoms with Gasteiger partial charge in [0.1, 0.15) is 11.8 Å². The van der Waals surface area contributed by atoms with Crippen LogP contribution in [0.3, 0.4) is 0 Å². The molecular formula is C18H26N2O5S. The third-order valence-corrected chi connectivity index (χ3v) is 7.70. The van der Waals surface area contributed by atoms with Crippen LogP contribution >= 0.6 is 0 Å². The summed E-state index contributed by atoms with van der Waals surface area (Å²) < 4.78 is 32.8. The standard InChI is InChI=1S/C18H26N2O5S/c1-18(2,3)15-10-11-9-14(15)16(17(21)19-22)20(11)26(23,24)13-7-5-12(25-4)6-8-13/h5-8,11,14-16,22H,9-10H2,1-4H3,(H,19,21)/t11-,14-,15?,16+/m0/s1. The Bertz CT molecular complexity index is 785. The van der Waals surface area contributed by atoms with E-state index >= 15 is 0 Å². The summed E-state index contributed by atoms with van der Waals surface area (Å²) >= 11 is 0. The number of carbonyl (C=O) groups is 1. The zero-order valence-electron chi connectivity index (χ0n) is 15.5. The van der Waals surface area contributed by atoms with Gasteiger partial charge in [-0.1, -0.05) is 20.8 Å². The molecule has 4 atom stereocenters. The van der Waals surface area contributed by atoms with E-state index in [0.717, 1.165) is 6.42 Å². The van der Waals surface area contributed by atoms with Gasteiger partial charge >= 0.3 is 0 Å². The second-order valence-electron chi connectivity index (χ2n) is 8.19. The lowest BCUT2D eigenvalue weighted by atomic mass is 9.71. The molecule has 1 aromatic rings. The predicted molar refractivity (Wildman–Crippen MR) is 95.2 cm³/mol. The molecule has 144 valence electrons. The average molecular weight is 382 g/mol. The molecule has 26 heavy (non-hydrogen) atoms. The van der Waals surface area contributed by atoms with Crippen LogP contribution in [0.25, 0.3) is 0 Å². The fraction of sp³-hybridized carbons (Fsp3) is 0.611. The van der Waals surface area contributed by atoms with Crippen LogP contribution in [0.15, 0.2) is 29.2 Å². The number of nitrogens with zero attached hydrogens (tertiary/aromatic N) is 1. The summed E-state index contributed by atoms with van der Waals surface area (Å²) in [6, 6.07) is 5.00. The molecule has 7 nitrogen and oxygen atoms in total. The number of ether oxygens (including phenoxy) is 1.